The zero-order valence-electron chi connectivity index (χ0n) is 13.0. The van der Waals surface area contributed by atoms with E-state index in [9.17, 15) is 4.79 Å². The summed E-state index contributed by atoms with van der Waals surface area (Å²) < 4.78 is 0. The third kappa shape index (κ3) is 4.80. The van der Waals surface area contributed by atoms with E-state index in [-0.39, 0.29) is 6.42 Å². The van der Waals surface area contributed by atoms with E-state index in [1.165, 1.54) is 0 Å². The fraction of sp³-hybridized carbons (Fsp3) is 0.158. The maximum absolute atomic E-state index is 11.4. The second-order valence-corrected chi connectivity index (χ2v) is 5.49. The van der Waals surface area contributed by atoms with Gasteiger partial charge in [0.05, 0.1) is 5.70 Å². The lowest BCUT2D eigenvalue weighted by atomic mass is 10.0. The molecule has 0 aliphatic carbocycles. The molecule has 0 aliphatic rings. The summed E-state index contributed by atoms with van der Waals surface area (Å²) in [6, 6.07) is 19.2. The van der Waals surface area contributed by atoms with Crippen LogP contribution in [0.2, 0.25) is 0 Å². The smallest absolute Gasteiger partial charge is 0.225 e. The van der Waals surface area contributed by atoms with Crippen molar-refractivity contribution in [1.29, 1.82) is 0 Å². The summed E-state index contributed by atoms with van der Waals surface area (Å²) in [4.78, 5) is 16.0. The van der Waals surface area contributed by atoms with Gasteiger partial charge in [0, 0.05) is 17.5 Å². The van der Waals surface area contributed by atoms with Crippen LogP contribution in [0.5, 0.6) is 0 Å². The van der Waals surface area contributed by atoms with Gasteiger partial charge in [-0.3, -0.25) is 4.79 Å². The minimum Gasteiger partial charge on any atom is -0.383 e. The number of benzene rings is 2. The summed E-state index contributed by atoms with van der Waals surface area (Å²) in [6.45, 7) is 1.98. The van der Waals surface area contributed by atoms with Gasteiger partial charge in [0.25, 0.3) is 0 Å². The van der Waals surface area contributed by atoms with E-state index in [1.807, 2.05) is 67.6 Å². The number of hydrogen-bond acceptors (Lipinski definition) is 2. The van der Waals surface area contributed by atoms with Crippen LogP contribution in [-0.2, 0) is 4.79 Å². The molecule has 0 aromatic heterocycles. The number of nitrogens with zero attached hydrogens (tertiary/aromatic N) is 1. The standard InChI is InChI=1S/C19H19ClN2O/c1-2-14(13-17(20)23)18(15-9-5-3-6-10-15)22-19(21)16-11-7-4-8-12-16/h3-12H,2,13H2,1H3,(H2,21,22)/b18-14+. The van der Waals surface area contributed by atoms with Crippen molar-refractivity contribution < 1.29 is 4.79 Å². The molecule has 0 radical (unpaired) electrons. The first-order chi connectivity index (χ1) is 11.1. The van der Waals surface area contributed by atoms with Gasteiger partial charge in [-0.2, -0.15) is 0 Å². The molecule has 2 N–H and O–H groups in total. The predicted molar refractivity (Wildman–Crippen MR) is 96.3 cm³/mol. The van der Waals surface area contributed by atoms with E-state index < -0.39 is 5.24 Å². The molecular formula is C19H19ClN2O. The van der Waals surface area contributed by atoms with Gasteiger partial charge < -0.3 is 5.73 Å². The van der Waals surface area contributed by atoms with Crippen molar-refractivity contribution in [1.82, 2.24) is 0 Å². The summed E-state index contributed by atoms with van der Waals surface area (Å²) in [5.74, 6) is 0.414. The fourth-order valence-corrected chi connectivity index (χ4v) is 2.44. The molecule has 2 aromatic rings. The number of rotatable bonds is 6. The number of nitrogens with two attached hydrogens (primary N) is 1. The molecule has 2 rings (SSSR count). The molecular weight excluding hydrogens is 308 g/mol. The van der Waals surface area contributed by atoms with Crippen molar-refractivity contribution in [2.45, 2.75) is 19.8 Å². The van der Waals surface area contributed by atoms with E-state index >= 15 is 0 Å². The second kappa shape index (κ2) is 8.30. The van der Waals surface area contributed by atoms with Crippen molar-refractivity contribution in [3.05, 3.63) is 77.4 Å². The molecule has 2 aromatic carbocycles. The fourth-order valence-electron chi connectivity index (χ4n) is 2.28. The van der Waals surface area contributed by atoms with E-state index in [2.05, 4.69) is 4.99 Å². The predicted octanol–water partition coefficient (Wildman–Crippen LogP) is 4.37. The van der Waals surface area contributed by atoms with Gasteiger partial charge in [0.2, 0.25) is 5.24 Å². The Bertz CT molecular complexity index is 722. The lowest BCUT2D eigenvalue weighted by Crippen LogP contribution is -2.13. The molecule has 0 saturated carbocycles. The molecule has 0 amide bonds. The molecule has 0 saturated heterocycles. The average molecular weight is 327 g/mol. The Labute approximate surface area is 141 Å². The Balaban J connectivity index is 2.54. The van der Waals surface area contributed by atoms with Crippen LogP contribution < -0.4 is 5.73 Å². The summed E-state index contributed by atoms with van der Waals surface area (Å²) in [5, 5.41) is -0.399. The molecule has 118 valence electrons. The topological polar surface area (TPSA) is 55.5 Å². The van der Waals surface area contributed by atoms with Crippen LogP contribution in [0.4, 0.5) is 0 Å². The van der Waals surface area contributed by atoms with Crippen LogP contribution in [-0.4, -0.2) is 11.1 Å². The van der Waals surface area contributed by atoms with Crippen molar-refractivity contribution in [3.8, 4) is 0 Å². The molecule has 0 aliphatic heterocycles. The first-order valence-corrected chi connectivity index (χ1v) is 7.85. The molecule has 0 bridgehead atoms. The van der Waals surface area contributed by atoms with Gasteiger partial charge in [-0.25, -0.2) is 4.99 Å². The number of allylic oxidation sites excluding steroid dienone is 1. The maximum atomic E-state index is 11.4. The molecule has 0 unspecified atom stereocenters. The highest BCUT2D eigenvalue weighted by molar-refractivity contribution is 6.63. The molecule has 3 nitrogen and oxygen atoms in total. The van der Waals surface area contributed by atoms with E-state index in [1.54, 1.807) is 0 Å². The second-order valence-electron chi connectivity index (χ2n) is 5.07. The van der Waals surface area contributed by atoms with Crippen LogP contribution in [0.25, 0.3) is 5.70 Å². The Morgan fingerprint density at radius 2 is 1.52 bits per heavy atom. The lowest BCUT2D eigenvalue weighted by Gasteiger charge is -2.11. The van der Waals surface area contributed by atoms with Gasteiger partial charge in [0.1, 0.15) is 5.84 Å². The van der Waals surface area contributed by atoms with Gasteiger partial charge in [-0.1, -0.05) is 67.6 Å². The largest absolute Gasteiger partial charge is 0.383 e. The van der Waals surface area contributed by atoms with Crippen LogP contribution in [0.15, 0.2) is 71.2 Å². The summed E-state index contributed by atoms with van der Waals surface area (Å²) in [7, 11) is 0. The van der Waals surface area contributed by atoms with E-state index in [4.69, 9.17) is 17.3 Å². The SMILES string of the molecule is CC/C(CC(=O)Cl)=C(\N=C(N)c1ccccc1)c1ccccc1. The van der Waals surface area contributed by atoms with Crippen molar-refractivity contribution in [2.24, 2.45) is 10.7 Å². The van der Waals surface area contributed by atoms with Crippen LogP contribution in [0, 0.1) is 0 Å². The van der Waals surface area contributed by atoms with E-state index in [0.717, 1.165) is 16.7 Å². The summed E-state index contributed by atoms with van der Waals surface area (Å²) >= 11 is 5.58. The highest BCUT2D eigenvalue weighted by Crippen LogP contribution is 2.26. The molecule has 0 fully saturated rings. The Morgan fingerprint density at radius 1 is 1.00 bits per heavy atom. The van der Waals surface area contributed by atoms with Crippen LogP contribution >= 0.6 is 11.6 Å². The van der Waals surface area contributed by atoms with Crippen LogP contribution in [0.3, 0.4) is 0 Å². The number of carbonyl (C=O) groups is 1. The Morgan fingerprint density at radius 3 is 2.00 bits per heavy atom. The lowest BCUT2D eigenvalue weighted by molar-refractivity contribution is -0.111. The minimum absolute atomic E-state index is 0.161. The highest BCUT2D eigenvalue weighted by Gasteiger charge is 2.11. The van der Waals surface area contributed by atoms with Crippen molar-refractivity contribution in [3.63, 3.8) is 0 Å². The van der Waals surface area contributed by atoms with E-state index in [0.29, 0.717) is 18.0 Å². The monoisotopic (exact) mass is 326 g/mol. The molecule has 0 heterocycles. The normalized spacial score (nSPS) is 12.7. The summed E-state index contributed by atoms with van der Waals surface area (Å²) in [5.41, 5.74) is 9.50. The third-order valence-electron chi connectivity index (χ3n) is 3.46. The number of halogens is 1. The van der Waals surface area contributed by atoms with Crippen molar-refractivity contribution in [2.75, 3.05) is 0 Å². The van der Waals surface area contributed by atoms with Crippen LogP contribution in [0.1, 0.15) is 30.9 Å². The Hall–Kier alpha value is -2.39. The van der Waals surface area contributed by atoms with Gasteiger partial charge >= 0.3 is 0 Å². The number of hydrogen-bond donors (Lipinski definition) is 1. The highest BCUT2D eigenvalue weighted by atomic mass is 35.5. The summed E-state index contributed by atoms with van der Waals surface area (Å²) in [6.07, 6.45) is 0.835. The quantitative estimate of drug-likeness (QED) is 0.487. The maximum Gasteiger partial charge on any atom is 0.225 e. The minimum atomic E-state index is -0.399. The first kappa shape index (κ1) is 17.0. The van der Waals surface area contributed by atoms with Crippen molar-refractivity contribution >= 4 is 28.4 Å². The molecule has 4 heteroatoms. The average Bonchev–Trinajstić information content (AvgIpc) is 2.59. The third-order valence-corrected chi connectivity index (χ3v) is 3.60. The molecule has 0 spiro atoms. The zero-order chi connectivity index (χ0) is 16.7. The van der Waals surface area contributed by atoms with Gasteiger partial charge in [0.15, 0.2) is 0 Å². The molecule has 23 heavy (non-hydrogen) atoms. The first-order valence-electron chi connectivity index (χ1n) is 7.47. The number of carbonyl (C=O) groups excluding carboxylic acids is 1. The van der Waals surface area contributed by atoms with Gasteiger partial charge in [-0.15, -0.1) is 0 Å². The number of amidine groups is 1. The Kier molecular flexibility index (Phi) is 6.12. The van der Waals surface area contributed by atoms with Gasteiger partial charge in [-0.05, 0) is 23.6 Å². The molecule has 0 atom stereocenters. The number of aliphatic imine (C=N–C) groups is 1. The zero-order valence-corrected chi connectivity index (χ0v) is 13.8.